The number of carbonyl (C=O) groups is 1. The monoisotopic (exact) mass is 307 g/mol. The van der Waals surface area contributed by atoms with Crippen molar-refractivity contribution < 1.29 is 4.79 Å². The Kier molecular flexibility index (Phi) is 4.15. The molecule has 18 heavy (non-hydrogen) atoms. The minimum absolute atomic E-state index is 0.200. The Balaban J connectivity index is 2.25. The van der Waals surface area contributed by atoms with Gasteiger partial charge in [-0.15, -0.1) is 0 Å². The molecule has 0 aliphatic heterocycles. The van der Waals surface area contributed by atoms with Crippen molar-refractivity contribution in [3.05, 3.63) is 34.9 Å². The maximum absolute atomic E-state index is 11.6. The lowest BCUT2D eigenvalue weighted by Crippen LogP contribution is -2.29. The molecule has 5 heteroatoms. The van der Waals surface area contributed by atoms with E-state index >= 15 is 0 Å². The first-order chi connectivity index (χ1) is 8.70. The number of urea groups is 1. The topological polar surface area (TPSA) is 54.0 Å². The summed E-state index contributed by atoms with van der Waals surface area (Å²) >= 11 is 3.38. The summed E-state index contributed by atoms with van der Waals surface area (Å²) < 4.78 is 0.919. The molecule has 2 rings (SSSR count). The lowest BCUT2D eigenvalue weighted by molar-refractivity contribution is 0.252. The van der Waals surface area contributed by atoms with Crippen molar-refractivity contribution in [3.8, 4) is 0 Å². The van der Waals surface area contributed by atoms with E-state index in [2.05, 4.69) is 31.5 Å². The number of nitrogens with zero attached hydrogens (tertiary/aromatic N) is 1. The van der Waals surface area contributed by atoms with Crippen molar-refractivity contribution in [2.75, 3.05) is 11.9 Å². The number of halogens is 1. The molecule has 0 aliphatic carbocycles. The highest BCUT2D eigenvalue weighted by atomic mass is 79.9. The number of anilines is 1. The molecule has 1 aromatic carbocycles. The van der Waals surface area contributed by atoms with Crippen LogP contribution in [0.5, 0.6) is 0 Å². The summed E-state index contributed by atoms with van der Waals surface area (Å²) in [7, 11) is 0. The van der Waals surface area contributed by atoms with Crippen LogP contribution >= 0.6 is 15.9 Å². The maximum atomic E-state index is 11.6. The summed E-state index contributed by atoms with van der Waals surface area (Å²) in [5, 5.41) is 6.57. The molecule has 0 unspecified atom stereocenters. The van der Waals surface area contributed by atoms with Crippen molar-refractivity contribution in [2.24, 2.45) is 0 Å². The van der Waals surface area contributed by atoms with Gasteiger partial charge in [-0.2, -0.15) is 0 Å². The molecule has 0 bridgehead atoms. The average molecular weight is 308 g/mol. The maximum Gasteiger partial charge on any atom is 0.319 e. The van der Waals surface area contributed by atoms with Crippen LogP contribution in [0.3, 0.4) is 0 Å². The van der Waals surface area contributed by atoms with Crippen LogP contribution in [-0.2, 0) is 0 Å². The van der Waals surface area contributed by atoms with Crippen molar-refractivity contribution >= 4 is 38.6 Å². The van der Waals surface area contributed by atoms with Crippen LogP contribution in [0.15, 0.2) is 34.9 Å². The second kappa shape index (κ2) is 5.82. The summed E-state index contributed by atoms with van der Waals surface area (Å²) in [6.45, 7) is 2.67. The van der Waals surface area contributed by atoms with Gasteiger partial charge in [0.05, 0.1) is 11.2 Å². The van der Waals surface area contributed by atoms with Crippen LogP contribution in [0.4, 0.5) is 10.5 Å². The fourth-order valence-corrected chi connectivity index (χ4v) is 1.99. The smallest absolute Gasteiger partial charge is 0.319 e. The second-order valence-corrected chi connectivity index (χ2v) is 4.83. The van der Waals surface area contributed by atoms with Crippen LogP contribution in [0.1, 0.15) is 13.3 Å². The van der Waals surface area contributed by atoms with Crippen molar-refractivity contribution in [1.82, 2.24) is 10.3 Å². The fourth-order valence-electron chi connectivity index (χ4n) is 1.64. The van der Waals surface area contributed by atoms with Gasteiger partial charge in [0, 0.05) is 22.6 Å². The van der Waals surface area contributed by atoms with E-state index in [1.165, 1.54) is 0 Å². The highest BCUT2D eigenvalue weighted by molar-refractivity contribution is 9.10. The van der Waals surface area contributed by atoms with Crippen molar-refractivity contribution in [3.63, 3.8) is 0 Å². The van der Waals surface area contributed by atoms with Crippen molar-refractivity contribution in [2.45, 2.75) is 13.3 Å². The molecule has 0 radical (unpaired) electrons. The van der Waals surface area contributed by atoms with Crippen LogP contribution in [0, 0.1) is 0 Å². The van der Waals surface area contributed by atoms with Gasteiger partial charge >= 0.3 is 6.03 Å². The predicted molar refractivity (Wildman–Crippen MR) is 76.8 cm³/mol. The van der Waals surface area contributed by atoms with E-state index in [-0.39, 0.29) is 6.03 Å². The van der Waals surface area contributed by atoms with E-state index < -0.39 is 0 Å². The van der Waals surface area contributed by atoms with Gasteiger partial charge in [-0.3, -0.25) is 4.98 Å². The number of rotatable bonds is 3. The molecule has 0 atom stereocenters. The zero-order chi connectivity index (χ0) is 13.0. The van der Waals surface area contributed by atoms with E-state index in [0.717, 1.165) is 21.8 Å². The highest BCUT2D eigenvalue weighted by Crippen LogP contribution is 2.23. The standard InChI is InChI=1S/C13H14BrN3O/c1-2-6-15-13(18)17-11-5-3-4-9-7-10(14)8-16-12(9)11/h3-5,7-8H,2,6H2,1H3,(H2,15,17,18). The van der Waals surface area contributed by atoms with E-state index in [9.17, 15) is 4.79 Å². The molecule has 4 nitrogen and oxygen atoms in total. The van der Waals surface area contributed by atoms with Gasteiger partial charge in [0.25, 0.3) is 0 Å². The molecular formula is C13H14BrN3O. The molecule has 0 aliphatic rings. The van der Waals surface area contributed by atoms with Crippen LogP contribution in [0.2, 0.25) is 0 Å². The fraction of sp³-hybridized carbons (Fsp3) is 0.231. The first kappa shape index (κ1) is 12.8. The Morgan fingerprint density at radius 2 is 2.28 bits per heavy atom. The summed E-state index contributed by atoms with van der Waals surface area (Å²) in [6, 6.07) is 7.47. The van der Waals surface area contributed by atoms with Gasteiger partial charge in [-0.1, -0.05) is 19.1 Å². The molecule has 0 saturated heterocycles. The molecular weight excluding hydrogens is 294 g/mol. The minimum atomic E-state index is -0.200. The SMILES string of the molecule is CCCNC(=O)Nc1cccc2cc(Br)cnc12. The van der Waals surface area contributed by atoms with Gasteiger partial charge in [0.1, 0.15) is 0 Å². The lowest BCUT2D eigenvalue weighted by atomic mass is 10.2. The third-order valence-corrected chi connectivity index (χ3v) is 2.90. The molecule has 94 valence electrons. The largest absolute Gasteiger partial charge is 0.338 e. The summed E-state index contributed by atoms with van der Waals surface area (Å²) in [4.78, 5) is 15.9. The van der Waals surface area contributed by atoms with E-state index in [0.29, 0.717) is 12.2 Å². The van der Waals surface area contributed by atoms with Gasteiger partial charge in [0.15, 0.2) is 0 Å². The quantitative estimate of drug-likeness (QED) is 0.911. The van der Waals surface area contributed by atoms with Gasteiger partial charge in [0.2, 0.25) is 0 Å². The van der Waals surface area contributed by atoms with Gasteiger partial charge in [-0.25, -0.2) is 4.79 Å². The van der Waals surface area contributed by atoms with Crippen molar-refractivity contribution in [1.29, 1.82) is 0 Å². The lowest BCUT2D eigenvalue weighted by Gasteiger charge is -2.09. The second-order valence-electron chi connectivity index (χ2n) is 3.91. The van der Waals surface area contributed by atoms with Gasteiger partial charge in [-0.05, 0) is 34.5 Å². The van der Waals surface area contributed by atoms with Crippen LogP contribution < -0.4 is 10.6 Å². The zero-order valence-electron chi connectivity index (χ0n) is 10.0. The Morgan fingerprint density at radius 3 is 3.06 bits per heavy atom. The first-order valence-corrected chi connectivity index (χ1v) is 6.59. The van der Waals surface area contributed by atoms with E-state index in [4.69, 9.17) is 0 Å². The molecule has 2 N–H and O–H groups in total. The van der Waals surface area contributed by atoms with E-state index in [1.807, 2.05) is 31.2 Å². The third kappa shape index (κ3) is 2.98. The Hall–Kier alpha value is -1.62. The Labute approximate surface area is 114 Å². The van der Waals surface area contributed by atoms with Crippen LogP contribution in [0.25, 0.3) is 10.9 Å². The summed E-state index contributed by atoms with van der Waals surface area (Å²) in [5.74, 6) is 0. The molecule has 1 heterocycles. The minimum Gasteiger partial charge on any atom is -0.338 e. The Bertz CT molecular complexity index is 571. The van der Waals surface area contributed by atoms with Crippen LogP contribution in [-0.4, -0.2) is 17.6 Å². The number of hydrogen-bond acceptors (Lipinski definition) is 2. The molecule has 0 spiro atoms. The number of pyridine rings is 1. The molecule has 0 fully saturated rings. The van der Waals surface area contributed by atoms with E-state index in [1.54, 1.807) is 6.20 Å². The molecule has 2 amide bonds. The average Bonchev–Trinajstić information content (AvgIpc) is 2.36. The first-order valence-electron chi connectivity index (χ1n) is 5.80. The number of fused-ring (bicyclic) bond motifs is 1. The number of benzene rings is 1. The summed E-state index contributed by atoms with van der Waals surface area (Å²) in [5.41, 5.74) is 1.50. The Morgan fingerprint density at radius 1 is 1.44 bits per heavy atom. The predicted octanol–water partition coefficient (Wildman–Crippen LogP) is 3.53. The van der Waals surface area contributed by atoms with Gasteiger partial charge < -0.3 is 10.6 Å². The number of para-hydroxylation sites is 1. The normalized spacial score (nSPS) is 10.3. The number of carbonyl (C=O) groups excluding carboxylic acids is 1. The third-order valence-electron chi connectivity index (χ3n) is 2.46. The number of amides is 2. The number of aromatic nitrogens is 1. The number of nitrogens with one attached hydrogen (secondary N) is 2. The number of hydrogen-bond donors (Lipinski definition) is 2. The molecule has 2 aromatic rings. The molecule has 1 aromatic heterocycles. The zero-order valence-corrected chi connectivity index (χ0v) is 11.6. The highest BCUT2D eigenvalue weighted by Gasteiger charge is 2.06. The summed E-state index contributed by atoms with van der Waals surface area (Å²) in [6.07, 6.45) is 2.63. The molecule has 0 saturated carbocycles.